The highest BCUT2D eigenvalue weighted by Gasteiger charge is 2.33. The van der Waals surface area contributed by atoms with Crippen LogP contribution in [-0.2, 0) is 9.53 Å². The molecule has 1 amide bonds. The first-order valence-electron chi connectivity index (χ1n) is 9.69. The standard InChI is InChI=1S/C22H30FNO3/c1-5-27-21(25)12-17-11-20(14(2)3)18(10-15(17)4)13-24-22(26)16-6-8-19(23)9-7-16/h6-10,14,17-18,20H,5,11-13H2,1-4H3,(H,24,26). The predicted molar refractivity (Wildman–Crippen MR) is 104 cm³/mol. The highest BCUT2D eigenvalue weighted by Crippen LogP contribution is 2.38. The van der Waals surface area contributed by atoms with Crippen molar-refractivity contribution in [2.75, 3.05) is 13.2 Å². The summed E-state index contributed by atoms with van der Waals surface area (Å²) in [4.78, 5) is 24.2. The van der Waals surface area contributed by atoms with E-state index in [4.69, 9.17) is 4.74 Å². The monoisotopic (exact) mass is 375 g/mol. The summed E-state index contributed by atoms with van der Waals surface area (Å²) >= 11 is 0. The first-order chi connectivity index (χ1) is 12.8. The van der Waals surface area contributed by atoms with Gasteiger partial charge in [0.1, 0.15) is 5.82 Å². The second-order valence-electron chi connectivity index (χ2n) is 7.64. The van der Waals surface area contributed by atoms with E-state index in [1.165, 1.54) is 29.8 Å². The lowest BCUT2D eigenvalue weighted by Gasteiger charge is -2.37. The number of hydrogen-bond donors (Lipinski definition) is 1. The van der Waals surface area contributed by atoms with Crippen molar-refractivity contribution in [2.24, 2.45) is 23.7 Å². The molecule has 148 valence electrons. The maximum Gasteiger partial charge on any atom is 0.306 e. The van der Waals surface area contributed by atoms with E-state index < -0.39 is 0 Å². The predicted octanol–water partition coefficient (Wildman–Crippen LogP) is 4.36. The number of hydrogen-bond acceptors (Lipinski definition) is 3. The molecule has 4 nitrogen and oxygen atoms in total. The Hall–Kier alpha value is -2.17. The summed E-state index contributed by atoms with van der Waals surface area (Å²) in [6, 6.07) is 5.55. The Labute approximate surface area is 161 Å². The summed E-state index contributed by atoms with van der Waals surface area (Å²) in [6.45, 7) is 9.15. The molecule has 5 heteroatoms. The molecule has 0 radical (unpaired) electrons. The number of allylic oxidation sites excluding steroid dienone is 1. The van der Waals surface area contributed by atoms with Gasteiger partial charge in [0, 0.05) is 12.1 Å². The summed E-state index contributed by atoms with van der Waals surface area (Å²) in [5, 5.41) is 2.97. The minimum Gasteiger partial charge on any atom is -0.466 e. The molecular weight excluding hydrogens is 345 g/mol. The van der Waals surface area contributed by atoms with Gasteiger partial charge in [-0.1, -0.05) is 25.5 Å². The Morgan fingerprint density at radius 2 is 1.93 bits per heavy atom. The first kappa shape index (κ1) is 21.1. The van der Waals surface area contributed by atoms with Crippen molar-refractivity contribution in [3.8, 4) is 0 Å². The summed E-state index contributed by atoms with van der Waals surface area (Å²) in [6.07, 6.45) is 3.52. The summed E-state index contributed by atoms with van der Waals surface area (Å²) in [5.41, 5.74) is 1.63. The molecule has 0 aromatic heterocycles. The van der Waals surface area contributed by atoms with Crippen molar-refractivity contribution in [1.29, 1.82) is 0 Å². The molecule has 0 aliphatic heterocycles. The van der Waals surface area contributed by atoms with E-state index in [0.29, 0.717) is 37.0 Å². The van der Waals surface area contributed by atoms with Crippen LogP contribution in [0.5, 0.6) is 0 Å². The largest absolute Gasteiger partial charge is 0.466 e. The van der Waals surface area contributed by atoms with Crippen molar-refractivity contribution in [3.63, 3.8) is 0 Å². The Balaban J connectivity index is 2.03. The molecule has 0 heterocycles. The SMILES string of the molecule is CCOC(=O)CC1CC(C(C)C)C(CNC(=O)c2ccc(F)cc2)C=C1C. The van der Waals surface area contributed by atoms with Crippen LogP contribution in [0.25, 0.3) is 0 Å². The zero-order chi connectivity index (χ0) is 20.0. The van der Waals surface area contributed by atoms with Gasteiger partial charge in [0.15, 0.2) is 0 Å². The van der Waals surface area contributed by atoms with Gasteiger partial charge in [0.2, 0.25) is 0 Å². The molecule has 2 rings (SSSR count). The molecule has 1 aliphatic rings. The Kier molecular flexibility index (Phi) is 7.57. The van der Waals surface area contributed by atoms with Gasteiger partial charge in [-0.25, -0.2) is 4.39 Å². The van der Waals surface area contributed by atoms with Crippen LogP contribution in [0.2, 0.25) is 0 Å². The number of esters is 1. The van der Waals surface area contributed by atoms with Crippen LogP contribution in [0.1, 0.15) is 50.9 Å². The number of carbonyl (C=O) groups excluding carboxylic acids is 2. The van der Waals surface area contributed by atoms with Crippen LogP contribution in [0, 0.1) is 29.5 Å². The van der Waals surface area contributed by atoms with Crippen molar-refractivity contribution >= 4 is 11.9 Å². The summed E-state index contributed by atoms with van der Waals surface area (Å²) in [7, 11) is 0. The smallest absolute Gasteiger partial charge is 0.306 e. The minimum atomic E-state index is -0.357. The van der Waals surface area contributed by atoms with Crippen molar-refractivity contribution in [2.45, 2.75) is 40.5 Å². The van der Waals surface area contributed by atoms with Gasteiger partial charge in [0.05, 0.1) is 13.0 Å². The first-order valence-corrected chi connectivity index (χ1v) is 9.69. The van der Waals surface area contributed by atoms with Gasteiger partial charge in [-0.15, -0.1) is 0 Å². The van der Waals surface area contributed by atoms with Gasteiger partial charge in [0.25, 0.3) is 5.91 Å². The highest BCUT2D eigenvalue weighted by atomic mass is 19.1. The molecule has 1 aromatic rings. The van der Waals surface area contributed by atoms with Crippen LogP contribution >= 0.6 is 0 Å². The summed E-state index contributed by atoms with van der Waals surface area (Å²) < 4.78 is 18.1. The molecule has 0 fully saturated rings. The number of nitrogens with one attached hydrogen (secondary N) is 1. The van der Waals surface area contributed by atoms with Crippen molar-refractivity contribution in [3.05, 3.63) is 47.3 Å². The molecule has 0 saturated heterocycles. The Morgan fingerprint density at radius 1 is 1.26 bits per heavy atom. The number of carbonyl (C=O) groups is 2. The molecule has 0 saturated carbocycles. The van der Waals surface area contributed by atoms with Gasteiger partial charge in [-0.05, 0) is 68.2 Å². The molecule has 1 aliphatic carbocycles. The van der Waals surface area contributed by atoms with Crippen molar-refractivity contribution < 1.29 is 18.7 Å². The lowest BCUT2D eigenvalue weighted by molar-refractivity contribution is -0.144. The number of halogens is 1. The second kappa shape index (κ2) is 9.67. The molecule has 27 heavy (non-hydrogen) atoms. The zero-order valence-corrected chi connectivity index (χ0v) is 16.6. The fraction of sp³-hybridized carbons (Fsp3) is 0.545. The quantitative estimate of drug-likeness (QED) is 0.569. The van der Waals surface area contributed by atoms with Gasteiger partial charge in [-0.3, -0.25) is 9.59 Å². The molecular formula is C22H30FNO3. The highest BCUT2D eigenvalue weighted by molar-refractivity contribution is 5.94. The molecule has 1 N–H and O–H groups in total. The van der Waals surface area contributed by atoms with Crippen molar-refractivity contribution in [1.82, 2.24) is 5.32 Å². The van der Waals surface area contributed by atoms with Gasteiger partial charge in [-0.2, -0.15) is 0 Å². The second-order valence-corrected chi connectivity index (χ2v) is 7.64. The van der Waals surface area contributed by atoms with E-state index >= 15 is 0 Å². The third-order valence-electron chi connectivity index (χ3n) is 5.41. The maximum absolute atomic E-state index is 13.0. The van der Waals surface area contributed by atoms with Crippen LogP contribution in [0.15, 0.2) is 35.9 Å². The van der Waals surface area contributed by atoms with E-state index in [0.717, 1.165) is 6.42 Å². The lowest BCUT2D eigenvalue weighted by atomic mass is 9.70. The normalized spacial score (nSPS) is 22.3. The Morgan fingerprint density at radius 3 is 2.52 bits per heavy atom. The summed E-state index contributed by atoms with van der Waals surface area (Å²) in [5.74, 6) is 0.518. The van der Waals surface area contributed by atoms with E-state index in [1.807, 2.05) is 6.92 Å². The Bertz CT molecular complexity index is 681. The number of benzene rings is 1. The fourth-order valence-electron chi connectivity index (χ4n) is 3.84. The number of rotatable bonds is 7. The molecule has 3 atom stereocenters. The average Bonchev–Trinajstić information content (AvgIpc) is 2.62. The van der Waals surface area contributed by atoms with Gasteiger partial charge >= 0.3 is 5.97 Å². The van der Waals surface area contributed by atoms with Crippen LogP contribution in [0.3, 0.4) is 0 Å². The minimum absolute atomic E-state index is 0.152. The maximum atomic E-state index is 13.0. The third kappa shape index (κ3) is 5.91. The van der Waals surface area contributed by atoms with E-state index in [2.05, 4.69) is 32.2 Å². The van der Waals surface area contributed by atoms with E-state index in [-0.39, 0.29) is 29.5 Å². The third-order valence-corrected chi connectivity index (χ3v) is 5.41. The topological polar surface area (TPSA) is 55.4 Å². The van der Waals surface area contributed by atoms with Crippen LogP contribution in [-0.4, -0.2) is 25.0 Å². The molecule has 1 aromatic carbocycles. The van der Waals surface area contributed by atoms with Crippen LogP contribution < -0.4 is 5.32 Å². The van der Waals surface area contributed by atoms with E-state index in [1.54, 1.807) is 0 Å². The molecule has 0 bridgehead atoms. The van der Waals surface area contributed by atoms with E-state index in [9.17, 15) is 14.0 Å². The van der Waals surface area contributed by atoms with Gasteiger partial charge < -0.3 is 10.1 Å². The lowest BCUT2D eigenvalue weighted by Crippen LogP contribution is -2.37. The number of ether oxygens (including phenoxy) is 1. The zero-order valence-electron chi connectivity index (χ0n) is 16.6. The fourth-order valence-corrected chi connectivity index (χ4v) is 3.84. The average molecular weight is 375 g/mol. The molecule has 3 unspecified atom stereocenters. The van der Waals surface area contributed by atoms with Crippen LogP contribution in [0.4, 0.5) is 4.39 Å². The molecule has 0 spiro atoms. The number of amides is 1.